The van der Waals surface area contributed by atoms with E-state index >= 15 is 0 Å². The lowest BCUT2D eigenvalue weighted by Gasteiger charge is -2.13. The molecule has 0 spiro atoms. The second-order valence-corrected chi connectivity index (χ2v) is 3.42. The number of carbonyl (C=O) groups is 1. The first-order chi connectivity index (χ1) is 8.84. The van der Waals surface area contributed by atoms with E-state index in [-0.39, 0.29) is 17.9 Å². The van der Waals surface area contributed by atoms with Crippen molar-refractivity contribution in [1.29, 1.82) is 0 Å². The van der Waals surface area contributed by atoms with Gasteiger partial charge in [0.2, 0.25) is 0 Å². The molecule has 5 nitrogen and oxygen atoms in total. The molecule has 1 aromatic rings. The molecule has 0 aliphatic carbocycles. The van der Waals surface area contributed by atoms with Crippen molar-refractivity contribution < 1.29 is 22.7 Å². The van der Waals surface area contributed by atoms with E-state index in [0.29, 0.717) is 0 Å². The average molecular weight is 275 g/mol. The molecule has 0 aliphatic rings. The fraction of sp³-hybridized carbons (Fsp3) is 0.273. The van der Waals surface area contributed by atoms with Crippen LogP contribution in [0.2, 0.25) is 0 Å². The zero-order chi connectivity index (χ0) is 14.5. The molecule has 0 bridgehead atoms. The number of nitrogens with zero attached hydrogens (tertiary/aromatic N) is 1. The SMILES string of the molecule is CCOc1ccc(C=NNC(N)=O)cc1C(F)(F)F. The van der Waals surface area contributed by atoms with Crippen molar-refractivity contribution in [3.05, 3.63) is 29.3 Å². The second kappa shape index (κ2) is 6.07. The number of primary amides is 1. The van der Waals surface area contributed by atoms with Gasteiger partial charge in [0.05, 0.1) is 18.4 Å². The van der Waals surface area contributed by atoms with Gasteiger partial charge in [0.1, 0.15) is 5.75 Å². The van der Waals surface area contributed by atoms with E-state index in [1.54, 1.807) is 6.92 Å². The molecule has 0 radical (unpaired) electrons. The van der Waals surface area contributed by atoms with Crippen LogP contribution in [0, 0.1) is 0 Å². The summed E-state index contributed by atoms with van der Waals surface area (Å²) in [6, 6.07) is 2.54. The van der Waals surface area contributed by atoms with Crippen molar-refractivity contribution in [3.8, 4) is 5.75 Å². The highest BCUT2D eigenvalue weighted by molar-refractivity contribution is 5.82. The molecule has 1 rings (SSSR count). The number of hydrogen-bond donors (Lipinski definition) is 2. The molecule has 0 saturated heterocycles. The number of urea groups is 1. The molecule has 0 heterocycles. The van der Waals surface area contributed by atoms with Crippen molar-refractivity contribution in [1.82, 2.24) is 5.43 Å². The zero-order valence-electron chi connectivity index (χ0n) is 9.99. The molecule has 0 aliphatic heterocycles. The minimum absolute atomic E-state index is 0.125. The lowest BCUT2D eigenvalue weighted by Crippen LogP contribution is -2.24. The summed E-state index contributed by atoms with van der Waals surface area (Å²) in [5, 5.41) is 3.38. The first-order valence-corrected chi connectivity index (χ1v) is 5.27. The third-order valence-electron chi connectivity index (χ3n) is 2.00. The molecule has 104 valence electrons. The highest BCUT2D eigenvalue weighted by atomic mass is 19.4. The van der Waals surface area contributed by atoms with E-state index < -0.39 is 17.8 Å². The van der Waals surface area contributed by atoms with Crippen LogP contribution in [-0.2, 0) is 6.18 Å². The number of alkyl halides is 3. The monoisotopic (exact) mass is 275 g/mol. The lowest BCUT2D eigenvalue weighted by atomic mass is 10.1. The van der Waals surface area contributed by atoms with Gasteiger partial charge >= 0.3 is 12.2 Å². The minimum atomic E-state index is -4.54. The summed E-state index contributed by atoms with van der Waals surface area (Å²) in [5.74, 6) is -0.255. The van der Waals surface area contributed by atoms with Crippen LogP contribution in [0.5, 0.6) is 5.75 Å². The molecule has 0 saturated carbocycles. The number of carbonyl (C=O) groups excluding carboxylic acids is 1. The first kappa shape index (κ1) is 14.8. The van der Waals surface area contributed by atoms with Crippen molar-refractivity contribution in [3.63, 3.8) is 0 Å². The number of rotatable bonds is 4. The number of hydrogen-bond acceptors (Lipinski definition) is 3. The van der Waals surface area contributed by atoms with Crippen LogP contribution in [0.25, 0.3) is 0 Å². The quantitative estimate of drug-likeness (QED) is 0.652. The van der Waals surface area contributed by atoms with Gasteiger partial charge in [-0.2, -0.15) is 18.3 Å². The van der Waals surface area contributed by atoms with E-state index in [4.69, 9.17) is 10.5 Å². The van der Waals surface area contributed by atoms with Crippen molar-refractivity contribution in [2.75, 3.05) is 6.61 Å². The number of nitrogens with one attached hydrogen (secondary N) is 1. The maximum Gasteiger partial charge on any atom is 0.419 e. The van der Waals surface area contributed by atoms with Gasteiger partial charge in [-0.25, -0.2) is 10.2 Å². The van der Waals surface area contributed by atoms with Crippen molar-refractivity contribution >= 4 is 12.2 Å². The van der Waals surface area contributed by atoms with E-state index in [9.17, 15) is 18.0 Å². The van der Waals surface area contributed by atoms with E-state index in [2.05, 4.69) is 5.10 Å². The second-order valence-electron chi connectivity index (χ2n) is 3.42. The Morgan fingerprint density at radius 1 is 1.53 bits per heavy atom. The molecule has 19 heavy (non-hydrogen) atoms. The Bertz CT molecular complexity index is 487. The van der Waals surface area contributed by atoms with Crippen LogP contribution in [0.1, 0.15) is 18.1 Å². The Hall–Kier alpha value is -2.25. The van der Waals surface area contributed by atoms with Gasteiger partial charge in [0, 0.05) is 0 Å². The largest absolute Gasteiger partial charge is 0.493 e. The van der Waals surface area contributed by atoms with Crippen LogP contribution in [-0.4, -0.2) is 18.9 Å². The van der Waals surface area contributed by atoms with Gasteiger partial charge in [0.15, 0.2) is 0 Å². The van der Waals surface area contributed by atoms with Gasteiger partial charge in [-0.3, -0.25) is 0 Å². The topological polar surface area (TPSA) is 76.7 Å². The number of halogens is 3. The Balaban J connectivity index is 3.04. The number of hydrazone groups is 1. The van der Waals surface area contributed by atoms with E-state index in [0.717, 1.165) is 12.3 Å². The van der Waals surface area contributed by atoms with Crippen molar-refractivity contribution in [2.24, 2.45) is 10.8 Å². The number of benzene rings is 1. The standard InChI is InChI=1S/C11H12F3N3O2/c1-2-19-9-4-3-7(6-16-17-10(15)18)5-8(9)11(12,13)14/h3-6H,2H2,1H3,(H3,15,17,18). The molecule has 0 fully saturated rings. The summed E-state index contributed by atoms with van der Waals surface area (Å²) in [7, 11) is 0. The fourth-order valence-corrected chi connectivity index (χ4v) is 1.30. The average Bonchev–Trinajstić information content (AvgIpc) is 2.29. The van der Waals surface area contributed by atoms with Crippen LogP contribution in [0.15, 0.2) is 23.3 Å². The molecule has 0 aromatic heterocycles. The molecule has 3 N–H and O–H groups in total. The Labute approximate surface area is 107 Å². The maximum absolute atomic E-state index is 12.8. The third kappa shape index (κ3) is 4.49. The smallest absolute Gasteiger partial charge is 0.419 e. The summed E-state index contributed by atoms with van der Waals surface area (Å²) in [6.45, 7) is 1.71. The van der Waals surface area contributed by atoms with Gasteiger partial charge in [0.25, 0.3) is 0 Å². The zero-order valence-corrected chi connectivity index (χ0v) is 9.99. The molecular formula is C11H12F3N3O2. The predicted octanol–water partition coefficient (Wildman–Crippen LogP) is 2.11. The predicted molar refractivity (Wildman–Crippen MR) is 62.9 cm³/mol. The van der Waals surface area contributed by atoms with Crippen LogP contribution < -0.4 is 15.9 Å². The lowest BCUT2D eigenvalue weighted by molar-refractivity contribution is -0.138. The molecule has 0 unspecified atom stereocenters. The number of ether oxygens (including phenoxy) is 1. The molecule has 0 atom stereocenters. The summed E-state index contributed by atoms with van der Waals surface area (Å²) in [4.78, 5) is 10.4. The van der Waals surface area contributed by atoms with E-state index in [1.807, 2.05) is 5.43 Å². The molecular weight excluding hydrogens is 263 g/mol. The normalized spacial score (nSPS) is 11.6. The van der Waals surface area contributed by atoms with Crippen LogP contribution in [0.3, 0.4) is 0 Å². The number of amides is 2. The fourth-order valence-electron chi connectivity index (χ4n) is 1.30. The number of nitrogens with two attached hydrogens (primary N) is 1. The Kier molecular flexibility index (Phi) is 4.74. The Morgan fingerprint density at radius 2 is 2.21 bits per heavy atom. The summed E-state index contributed by atoms with van der Waals surface area (Å²) in [6.07, 6.45) is -3.48. The molecule has 2 amide bonds. The van der Waals surface area contributed by atoms with Gasteiger partial charge < -0.3 is 10.5 Å². The first-order valence-electron chi connectivity index (χ1n) is 5.27. The highest BCUT2D eigenvalue weighted by Gasteiger charge is 2.34. The molecule has 8 heteroatoms. The van der Waals surface area contributed by atoms with Gasteiger partial charge in [-0.1, -0.05) is 0 Å². The summed E-state index contributed by atoms with van der Waals surface area (Å²) in [5.41, 5.74) is 5.90. The maximum atomic E-state index is 12.8. The summed E-state index contributed by atoms with van der Waals surface area (Å²) < 4.78 is 43.3. The summed E-state index contributed by atoms with van der Waals surface area (Å²) >= 11 is 0. The van der Waals surface area contributed by atoms with Gasteiger partial charge in [-0.05, 0) is 30.7 Å². The van der Waals surface area contributed by atoms with Crippen LogP contribution >= 0.6 is 0 Å². The van der Waals surface area contributed by atoms with Crippen LogP contribution in [0.4, 0.5) is 18.0 Å². The Morgan fingerprint density at radius 3 is 2.74 bits per heavy atom. The third-order valence-corrected chi connectivity index (χ3v) is 2.00. The van der Waals surface area contributed by atoms with E-state index in [1.165, 1.54) is 12.1 Å². The minimum Gasteiger partial charge on any atom is -0.493 e. The van der Waals surface area contributed by atoms with Crippen molar-refractivity contribution in [2.45, 2.75) is 13.1 Å². The molecule has 1 aromatic carbocycles. The highest BCUT2D eigenvalue weighted by Crippen LogP contribution is 2.36. The van der Waals surface area contributed by atoms with Gasteiger partial charge in [-0.15, -0.1) is 0 Å².